The van der Waals surface area contributed by atoms with Gasteiger partial charge >= 0.3 is 0 Å². The maximum Gasteiger partial charge on any atom is 0.243 e. The van der Waals surface area contributed by atoms with Gasteiger partial charge in [0, 0.05) is 17.8 Å². The van der Waals surface area contributed by atoms with Crippen molar-refractivity contribution in [1.82, 2.24) is 10.6 Å². The van der Waals surface area contributed by atoms with Gasteiger partial charge in [-0.1, -0.05) is 37.3 Å². The Hall–Kier alpha value is -3.02. The van der Waals surface area contributed by atoms with E-state index in [4.69, 9.17) is 4.74 Å². The highest BCUT2D eigenvalue weighted by atomic mass is 16.5. The molecule has 0 fully saturated rings. The van der Waals surface area contributed by atoms with E-state index >= 15 is 0 Å². The molecule has 0 aromatic heterocycles. The summed E-state index contributed by atoms with van der Waals surface area (Å²) in [5, 5.41) is 9.11. The Morgan fingerprint density at radius 3 is 2.63 bits per heavy atom. The van der Waals surface area contributed by atoms with E-state index in [1.807, 2.05) is 55.5 Å². The van der Waals surface area contributed by atoms with Crippen molar-refractivity contribution in [3.63, 3.8) is 0 Å². The van der Waals surface area contributed by atoms with Crippen LogP contribution in [0.4, 0.5) is 5.69 Å². The van der Waals surface area contributed by atoms with Gasteiger partial charge in [0.15, 0.2) is 5.96 Å². The lowest BCUT2D eigenvalue weighted by Gasteiger charge is -2.12. The number of benzene rings is 2. The zero-order valence-electron chi connectivity index (χ0n) is 16.2. The maximum absolute atomic E-state index is 12.2. The number of carbonyl (C=O) groups is 1. The fourth-order valence-corrected chi connectivity index (χ4v) is 2.58. The molecule has 0 aliphatic rings. The molecule has 2 rings (SSSR count). The van der Waals surface area contributed by atoms with E-state index in [0.717, 1.165) is 23.4 Å². The zero-order chi connectivity index (χ0) is 19.5. The molecule has 2 aromatic carbocycles. The Balaban J connectivity index is 1.93. The third-order valence-corrected chi connectivity index (χ3v) is 3.98. The number of ether oxygens (including phenoxy) is 1. The Labute approximate surface area is 161 Å². The first-order valence-corrected chi connectivity index (χ1v) is 9.19. The normalized spacial score (nSPS) is 11.0. The topological polar surface area (TPSA) is 74.8 Å². The van der Waals surface area contributed by atoms with E-state index in [-0.39, 0.29) is 12.5 Å². The summed E-state index contributed by atoms with van der Waals surface area (Å²) >= 11 is 0. The van der Waals surface area contributed by atoms with Crippen molar-refractivity contribution in [3.05, 3.63) is 59.7 Å². The van der Waals surface area contributed by atoms with Crippen molar-refractivity contribution >= 4 is 17.6 Å². The second kappa shape index (κ2) is 10.9. The molecule has 6 heteroatoms. The van der Waals surface area contributed by atoms with Gasteiger partial charge < -0.3 is 20.7 Å². The first-order chi connectivity index (χ1) is 13.2. The highest BCUT2D eigenvalue weighted by Gasteiger charge is 2.06. The largest absolute Gasteiger partial charge is 0.496 e. The molecule has 0 saturated heterocycles. The lowest BCUT2D eigenvalue weighted by molar-refractivity contribution is -0.115. The molecule has 0 radical (unpaired) electrons. The number of hydrogen-bond acceptors (Lipinski definition) is 3. The van der Waals surface area contributed by atoms with E-state index in [2.05, 4.69) is 27.9 Å². The molecule has 144 valence electrons. The monoisotopic (exact) mass is 368 g/mol. The molecule has 1 amide bonds. The average Bonchev–Trinajstić information content (AvgIpc) is 2.70. The molecular formula is C21H28N4O2. The van der Waals surface area contributed by atoms with Crippen molar-refractivity contribution in [2.75, 3.05) is 25.5 Å². The van der Waals surface area contributed by atoms with Crippen LogP contribution < -0.4 is 20.7 Å². The molecule has 3 N–H and O–H groups in total. The SMILES string of the molecule is CCNC(=NCc1ccccc1OC)NCC(=O)Nc1cccc(CC)c1. The van der Waals surface area contributed by atoms with Crippen molar-refractivity contribution < 1.29 is 9.53 Å². The number of nitrogens with zero attached hydrogens (tertiary/aromatic N) is 1. The molecule has 0 heterocycles. The van der Waals surface area contributed by atoms with Crippen LogP contribution in [0.3, 0.4) is 0 Å². The second-order valence-electron chi connectivity index (χ2n) is 5.96. The maximum atomic E-state index is 12.2. The standard InChI is InChI=1S/C21H28N4O2/c1-4-16-9-8-11-18(13-16)25-20(26)15-24-21(22-5-2)23-14-17-10-6-7-12-19(17)27-3/h6-13H,4-5,14-15H2,1-3H3,(H,25,26)(H2,22,23,24). The van der Waals surface area contributed by atoms with Crippen LogP contribution >= 0.6 is 0 Å². The summed E-state index contributed by atoms with van der Waals surface area (Å²) in [6, 6.07) is 15.6. The zero-order valence-corrected chi connectivity index (χ0v) is 16.2. The number of methoxy groups -OCH3 is 1. The number of rotatable bonds is 8. The lowest BCUT2D eigenvalue weighted by Crippen LogP contribution is -2.41. The van der Waals surface area contributed by atoms with Crippen molar-refractivity contribution in [2.45, 2.75) is 26.8 Å². The molecule has 0 aliphatic carbocycles. The van der Waals surface area contributed by atoms with Crippen LogP contribution in [-0.2, 0) is 17.8 Å². The minimum atomic E-state index is -0.119. The second-order valence-corrected chi connectivity index (χ2v) is 5.96. The number of aliphatic imine (C=N–C) groups is 1. The van der Waals surface area contributed by atoms with E-state index in [0.29, 0.717) is 19.0 Å². The van der Waals surface area contributed by atoms with Gasteiger partial charge in [0.2, 0.25) is 5.91 Å². The predicted molar refractivity (Wildman–Crippen MR) is 110 cm³/mol. The van der Waals surface area contributed by atoms with Gasteiger partial charge in [-0.05, 0) is 37.1 Å². The number of amides is 1. The highest BCUT2D eigenvalue weighted by molar-refractivity contribution is 5.95. The summed E-state index contributed by atoms with van der Waals surface area (Å²) in [5.74, 6) is 1.26. The number of carbonyl (C=O) groups excluding carboxylic acids is 1. The Kier molecular flexibility index (Phi) is 8.16. The molecule has 0 spiro atoms. The van der Waals surface area contributed by atoms with Crippen LogP contribution in [0.2, 0.25) is 0 Å². The summed E-state index contributed by atoms with van der Waals surface area (Å²) in [7, 11) is 1.64. The molecule has 0 unspecified atom stereocenters. The van der Waals surface area contributed by atoms with Crippen LogP contribution in [0.15, 0.2) is 53.5 Å². The van der Waals surface area contributed by atoms with Gasteiger partial charge in [0.1, 0.15) is 5.75 Å². The van der Waals surface area contributed by atoms with Gasteiger partial charge in [-0.2, -0.15) is 0 Å². The summed E-state index contributed by atoms with van der Waals surface area (Å²) in [5.41, 5.74) is 2.97. The average molecular weight is 368 g/mol. The van der Waals surface area contributed by atoms with Crippen LogP contribution in [0.25, 0.3) is 0 Å². The summed E-state index contributed by atoms with van der Waals surface area (Å²) in [6.07, 6.45) is 0.933. The van der Waals surface area contributed by atoms with E-state index in [1.165, 1.54) is 5.56 Å². The molecule has 0 atom stereocenters. The van der Waals surface area contributed by atoms with Crippen molar-refractivity contribution in [3.8, 4) is 5.75 Å². The first kappa shape index (κ1) is 20.3. The molecule has 2 aromatic rings. The summed E-state index contributed by atoms with van der Waals surface area (Å²) in [6.45, 7) is 5.37. The minimum absolute atomic E-state index is 0.119. The van der Waals surface area contributed by atoms with Gasteiger partial charge in [-0.15, -0.1) is 0 Å². The van der Waals surface area contributed by atoms with Gasteiger partial charge in [0.05, 0.1) is 20.2 Å². The van der Waals surface area contributed by atoms with Crippen molar-refractivity contribution in [2.24, 2.45) is 4.99 Å². The number of aryl methyl sites for hydroxylation is 1. The van der Waals surface area contributed by atoms with Gasteiger partial charge in [-0.25, -0.2) is 4.99 Å². The first-order valence-electron chi connectivity index (χ1n) is 9.19. The third-order valence-electron chi connectivity index (χ3n) is 3.98. The summed E-state index contributed by atoms with van der Waals surface area (Å²) < 4.78 is 5.35. The fourth-order valence-electron chi connectivity index (χ4n) is 2.58. The quantitative estimate of drug-likeness (QED) is 0.495. The van der Waals surface area contributed by atoms with E-state index < -0.39 is 0 Å². The van der Waals surface area contributed by atoms with Crippen LogP contribution in [-0.4, -0.2) is 32.1 Å². The number of anilines is 1. The number of nitrogens with one attached hydrogen (secondary N) is 3. The molecule has 6 nitrogen and oxygen atoms in total. The molecule has 0 saturated carbocycles. The minimum Gasteiger partial charge on any atom is -0.496 e. The Morgan fingerprint density at radius 2 is 1.89 bits per heavy atom. The number of guanidine groups is 1. The van der Waals surface area contributed by atoms with E-state index in [1.54, 1.807) is 7.11 Å². The predicted octanol–water partition coefficient (Wildman–Crippen LogP) is 2.95. The van der Waals surface area contributed by atoms with Crippen LogP contribution in [0.1, 0.15) is 25.0 Å². The van der Waals surface area contributed by atoms with Gasteiger partial charge in [-0.3, -0.25) is 4.79 Å². The number of para-hydroxylation sites is 1. The van der Waals surface area contributed by atoms with Crippen LogP contribution in [0, 0.1) is 0 Å². The number of hydrogen-bond donors (Lipinski definition) is 3. The molecule has 0 aliphatic heterocycles. The molecule has 27 heavy (non-hydrogen) atoms. The van der Waals surface area contributed by atoms with Crippen LogP contribution in [0.5, 0.6) is 5.75 Å². The fraction of sp³-hybridized carbons (Fsp3) is 0.333. The molecular weight excluding hydrogens is 340 g/mol. The highest BCUT2D eigenvalue weighted by Crippen LogP contribution is 2.17. The van der Waals surface area contributed by atoms with Gasteiger partial charge in [0.25, 0.3) is 0 Å². The Bertz CT molecular complexity index is 774. The van der Waals surface area contributed by atoms with Crippen molar-refractivity contribution in [1.29, 1.82) is 0 Å². The lowest BCUT2D eigenvalue weighted by atomic mass is 10.1. The molecule has 0 bridgehead atoms. The summed E-state index contributed by atoms with van der Waals surface area (Å²) in [4.78, 5) is 16.8. The Morgan fingerprint density at radius 1 is 1.07 bits per heavy atom. The third kappa shape index (κ3) is 6.66. The van der Waals surface area contributed by atoms with E-state index in [9.17, 15) is 4.79 Å². The smallest absolute Gasteiger partial charge is 0.243 e.